The van der Waals surface area contributed by atoms with Crippen molar-refractivity contribution in [2.75, 3.05) is 25.2 Å². The van der Waals surface area contributed by atoms with Gasteiger partial charge in [0.1, 0.15) is 23.6 Å². The van der Waals surface area contributed by atoms with Gasteiger partial charge in [0.2, 0.25) is 5.91 Å². The lowest BCUT2D eigenvalue weighted by atomic mass is 10.1. The third-order valence-electron chi connectivity index (χ3n) is 5.40. The van der Waals surface area contributed by atoms with E-state index in [2.05, 4.69) is 15.6 Å². The molecule has 2 amide bonds. The molecule has 0 saturated heterocycles. The molecule has 0 bridgehead atoms. The van der Waals surface area contributed by atoms with Gasteiger partial charge in [-0.1, -0.05) is 29.5 Å². The van der Waals surface area contributed by atoms with Crippen LogP contribution in [0.15, 0.2) is 65.1 Å². The SMILES string of the molecule is COCCNC(=O)[C@H](c1ccc(C)o1)N(C(=O)Cn1nnc2ccccc21)c1cccc(C)c1. The summed E-state index contributed by atoms with van der Waals surface area (Å²) in [5.74, 6) is 0.307. The molecule has 9 heteroatoms. The highest BCUT2D eigenvalue weighted by molar-refractivity contribution is 6.01. The number of rotatable bonds is 9. The lowest BCUT2D eigenvalue weighted by molar-refractivity contribution is -0.127. The van der Waals surface area contributed by atoms with Crippen LogP contribution in [0.4, 0.5) is 5.69 Å². The number of carbonyl (C=O) groups is 2. The van der Waals surface area contributed by atoms with Crippen molar-refractivity contribution in [3.05, 3.63) is 77.7 Å². The Balaban J connectivity index is 1.76. The van der Waals surface area contributed by atoms with Gasteiger partial charge >= 0.3 is 0 Å². The second-order valence-electron chi connectivity index (χ2n) is 7.97. The Kier molecular flexibility index (Phi) is 7.03. The predicted octanol–water partition coefficient (Wildman–Crippen LogP) is 3.18. The Morgan fingerprint density at radius 1 is 1.12 bits per heavy atom. The quantitative estimate of drug-likeness (QED) is 0.384. The summed E-state index contributed by atoms with van der Waals surface area (Å²) in [5.41, 5.74) is 2.95. The van der Waals surface area contributed by atoms with Crippen LogP contribution in [0.5, 0.6) is 0 Å². The van der Waals surface area contributed by atoms with Gasteiger partial charge in [-0.2, -0.15) is 0 Å². The number of methoxy groups -OCH3 is 1. The van der Waals surface area contributed by atoms with Gasteiger partial charge < -0.3 is 14.5 Å². The van der Waals surface area contributed by atoms with E-state index in [0.717, 1.165) is 11.1 Å². The Labute approximate surface area is 197 Å². The smallest absolute Gasteiger partial charge is 0.251 e. The maximum absolute atomic E-state index is 13.8. The van der Waals surface area contributed by atoms with E-state index in [-0.39, 0.29) is 18.4 Å². The number of anilines is 1. The van der Waals surface area contributed by atoms with Crippen LogP contribution in [-0.4, -0.2) is 47.1 Å². The molecule has 4 aromatic rings. The molecule has 34 heavy (non-hydrogen) atoms. The van der Waals surface area contributed by atoms with E-state index in [1.165, 1.54) is 9.58 Å². The zero-order valence-corrected chi connectivity index (χ0v) is 19.4. The summed E-state index contributed by atoms with van der Waals surface area (Å²) in [6.45, 7) is 4.27. The largest absolute Gasteiger partial charge is 0.464 e. The van der Waals surface area contributed by atoms with Gasteiger partial charge in [0.15, 0.2) is 6.04 Å². The number of nitrogens with zero attached hydrogens (tertiary/aromatic N) is 4. The molecule has 4 rings (SSSR count). The summed E-state index contributed by atoms with van der Waals surface area (Å²) in [6.07, 6.45) is 0. The molecule has 0 fully saturated rings. The summed E-state index contributed by atoms with van der Waals surface area (Å²) in [4.78, 5) is 28.7. The summed E-state index contributed by atoms with van der Waals surface area (Å²) >= 11 is 0. The fourth-order valence-corrected chi connectivity index (χ4v) is 3.80. The van der Waals surface area contributed by atoms with E-state index in [4.69, 9.17) is 9.15 Å². The van der Waals surface area contributed by atoms with Gasteiger partial charge in [-0.15, -0.1) is 5.10 Å². The summed E-state index contributed by atoms with van der Waals surface area (Å²) in [6, 6.07) is 17.3. The molecule has 0 aliphatic heterocycles. The molecule has 2 heterocycles. The average molecular weight is 462 g/mol. The molecule has 2 aromatic carbocycles. The standard InChI is InChI=1S/C25H27N5O4/c1-17-7-6-8-19(15-17)30(23(31)16-29-21-10-5-4-9-20(21)27-28-29)24(22-12-11-18(2)34-22)25(32)26-13-14-33-3/h4-12,15,24H,13-14,16H2,1-3H3,(H,26,32)/t24-/m0/s1. The van der Waals surface area contributed by atoms with Crippen LogP contribution < -0.4 is 10.2 Å². The second kappa shape index (κ2) is 10.3. The van der Waals surface area contributed by atoms with Crippen LogP contribution >= 0.6 is 0 Å². The third kappa shape index (κ3) is 4.99. The number of para-hydroxylation sites is 1. The van der Waals surface area contributed by atoms with E-state index in [1.54, 1.807) is 32.2 Å². The summed E-state index contributed by atoms with van der Waals surface area (Å²) in [5, 5.41) is 11.1. The van der Waals surface area contributed by atoms with E-state index in [0.29, 0.717) is 35.9 Å². The van der Waals surface area contributed by atoms with Crippen molar-refractivity contribution in [3.8, 4) is 0 Å². The van der Waals surface area contributed by atoms with Gasteiger partial charge in [0.25, 0.3) is 5.91 Å². The van der Waals surface area contributed by atoms with E-state index in [9.17, 15) is 9.59 Å². The molecule has 0 spiro atoms. The minimum absolute atomic E-state index is 0.101. The maximum atomic E-state index is 13.8. The van der Waals surface area contributed by atoms with E-state index in [1.807, 2.05) is 49.4 Å². The molecule has 2 aromatic heterocycles. The fraction of sp³-hybridized carbons (Fsp3) is 0.280. The Morgan fingerprint density at radius 2 is 1.94 bits per heavy atom. The number of aromatic nitrogens is 3. The van der Waals surface area contributed by atoms with E-state index < -0.39 is 6.04 Å². The minimum atomic E-state index is -1.02. The zero-order valence-electron chi connectivity index (χ0n) is 19.4. The number of nitrogens with one attached hydrogen (secondary N) is 1. The number of aryl methyl sites for hydroxylation is 2. The molecule has 1 N–H and O–H groups in total. The Morgan fingerprint density at radius 3 is 2.68 bits per heavy atom. The van der Waals surface area contributed by atoms with Gasteiger partial charge in [-0.25, -0.2) is 4.68 Å². The van der Waals surface area contributed by atoms with Gasteiger partial charge in [-0.05, 0) is 55.8 Å². The zero-order chi connectivity index (χ0) is 24.1. The van der Waals surface area contributed by atoms with Crippen LogP contribution in [0.25, 0.3) is 11.0 Å². The summed E-state index contributed by atoms with van der Waals surface area (Å²) in [7, 11) is 1.56. The third-order valence-corrected chi connectivity index (χ3v) is 5.40. The molecule has 0 radical (unpaired) electrons. The topological polar surface area (TPSA) is 102 Å². The van der Waals surface area contributed by atoms with Crippen molar-refractivity contribution in [1.29, 1.82) is 0 Å². The molecular weight excluding hydrogens is 434 g/mol. The van der Waals surface area contributed by atoms with Gasteiger partial charge in [-0.3, -0.25) is 14.5 Å². The van der Waals surface area contributed by atoms with Crippen molar-refractivity contribution >= 4 is 28.5 Å². The lowest BCUT2D eigenvalue weighted by Crippen LogP contribution is -2.45. The molecule has 0 unspecified atom stereocenters. The van der Waals surface area contributed by atoms with Crippen LogP contribution in [0.2, 0.25) is 0 Å². The van der Waals surface area contributed by atoms with Crippen LogP contribution in [0.3, 0.4) is 0 Å². The number of hydrogen-bond donors (Lipinski definition) is 1. The van der Waals surface area contributed by atoms with Crippen LogP contribution in [0.1, 0.15) is 23.1 Å². The van der Waals surface area contributed by atoms with Crippen molar-refractivity contribution in [2.45, 2.75) is 26.4 Å². The number of benzene rings is 2. The van der Waals surface area contributed by atoms with Crippen molar-refractivity contribution in [1.82, 2.24) is 20.3 Å². The van der Waals surface area contributed by atoms with Crippen molar-refractivity contribution < 1.29 is 18.7 Å². The average Bonchev–Trinajstić information content (AvgIpc) is 3.43. The molecule has 1 atom stereocenters. The predicted molar refractivity (Wildman–Crippen MR) is 127 cm³/mol. The maximum Gasteiger partial charge on any atom is 0.251 e. The first-order valence-corrected chi connectivity index (χ1v) is 11.0. The summed E-state index contributed by atoms with van der Waals surface area (Å²) < 4.78 is 12.4. The number of fused-ring (bicyclic) bond motifs is 1. The highest BCUT2D eigenvalue weighted by atomic mass is 16.5. The normalized spacial score (nSPS) is 12.0. The minimum Gasteiger partial charge on any atom is -0.464 e. The van der Waals surface area contributed by atoms with Crippen molar-refractivity contribution in [2.24, 2.45) is 0 Å². The highest BCUT2D eigenvalue weighted by Gasteiger charge is 2.35. The number of hydrogen-bond acceptors (Lipinski definition) is 6. The molecule has 9 nitrogen and oxygen atoms in total. The molecular formula is C25H27N5O4. The Bertz CT molecular complexity index is 1300. The first-order valence-electron chi connectivity index (χ1n) is 11.0. The molecule has 176 valence electrons. The lowest BCUT2D eigenvalue weighted by Gasteiger charge is -2.30. The molecule has 0 aliphatic rings. The number of amides is 2. The Hall–Kier alpha value is -3.98. The van der Waals surface area contributed by atoms with Crippen LogP contribution in [-0.2, 0) is 20.9 Å². The highest BCUT2D eigenvalue weighted by Crippen LogP contribution is 2.30. The first kappa shape index (κ1) is 23.2. The number of furan rings is 1. The van der Waals surface area contributed by atoms with E-state index >= 15 is 0 Å². The number of ether oxygens (including phenoxy) is 1. The number of carbonyl (C=O) groups excluding carboxylic acids is 2. The first-order chi connectivity index (χ1) is 16.5. The molecule has 0 aliphatic carbocycles. The monoisotopic (exact) mass is 461 g/mol. The van der Waals surface area contributed by atoms with Gasteiger partial charge in [0.05, 0.1) is 12.1 Å². The second-order valence-corrected chi connectivity index (χ2v) is 7.97. The van der Waals surface area contributed by atoms with Crippen LogP contribution in [0, 0.1) is 13.8 Å². The van der Waals surface area contributed by atoms with Crippen molar-refractivity contribution in [3.63, 3.8) is 0 Å². The van der Waals surface area contributed by atoms with Gasteiger partial charge in [0, 0.05) is 19.3 Å². The fourth-order valence-electron chi connectivity index (χ4n) is 3.80. The molecule has 0 saturated carbocycles.